The fourth-order valence-corrected chi connectivity index (χ4v) is 3.53. The highest BCUT2D eigenvalue weighted by molar-refractivity contribution is 7.99. The van der Waals surface area contributed by atoms with Gasteiger partial charge in [-0.15, -0.1) is 11.8 Å². The Kier molecular flexibility index (Phi) is 3.84. The molecule has 0 fully saturated rings. The Labute approximate surface area is 116 Å². The first-order valence-corrected chi connectivity index (χ1v) is 7.45. The normalized spacial score (nSPS) is 18.3. The number of rotatable bonds is 4. The van der Waals surface area contributed by atoms with E-state index in [1.807, 2.05) is 23.0 Å². The molecule has 0 aliphatic carbocycles. The summed E-state index contributed by atoms with van der Waals surface area (Å²) in [5, 5.41) is 7.67. The molecule has 3 rings (SSSR count). The predicted octanol–water partition coefficient (Wildman–Crippen LogP) is 2.85. The number of nitrogens with one attached hydrogen (secondary N) is 1. The second kappa shape index (κ2) is 5.75. The lowest BCUT2D eigenvalue weighted by molar-refractivity contribution is 0.464. The highest BCUT2D eigenvalue weighted by atomic mass is 32.2. The minimum absolute atomic E-state index is 0.0962. The molecule has 19 heavy (non-hydrogen) atoms. The van der Waals surface area contributed by atoms with Crippen LogP contribution in [-0.2, 0) is 6.54 Å². The van der Waals surface area contributed by atoms with Crippen molar-refractivity contribution in [3.05, 3.63) is 48.0 Å². The third-order valence-electron chi connectivity index (χ3n) is 3.32. The van der Waals surface area contributed by atoms with Gasteiger partial charge in [-0.3, -0.25) is 4.68 Å². The van der Waals surface area contributed by atoms with Crippen LogP contribution in [0.15, 0.2) is 41.6 Å². The van der Waals surface area contributed by atoms with E-state index in [1.54, 1.807) is 24.0 Å². The lowest BCUT2D eigenvalue weighted by Gasteiger charge is -2.26. The molecule has 0 spiro atoms. The Bertz CT molecular complexity index is 542. The monoisotopic (exact) mass is 277 g/mol. The van der Waals surface area contributed by atoms with Gasteiger partial charge in [0, 0.05) is 29.9 Å². The zero-order chi connectivity index (χ0) is 13.1. The standard InChI is InChI=1S/C14H16FN3S/c15-12-4-1-3-11-13(5-10-19-14(11)12)16-7-9-18-8-2-6-17-18/h1-4,6,8,13,16H,5,7,9-10H2. The number of halogens is 1. The first-order valence-electron chi connectivity index (χ1n) is 6.46. The smallest absolute Gasteiger partial charge is 0.137 e. The second-order valence-electron chi connectivity index (χ2n) is 4.57. The van der Waals surface area contributed by atoms with Gasteiger partial charge in [-0.25, -0.2) is 4.39 Å². The van der Waals surface area contributed by atoms with E-state index < -0.39 is 0 Å². The minimum atomic E-state index is -0.0962. The third kappa shape index (κ3) is 2.82. The Morgan fingerprint density at radius 2 is 2.37 bits per heavy atom. The molecule has 0 saturated carbocycles. The molecule has 100 valence electrons. The van der Waals surface area contributed by atoms with Crippen molar-refractivity contribution in [2.45, 2.75) is 23.9 Å². The van der Waals surface area contributed by atoms with Gasteiger partial charge in [-0.05, 0) is 29.9 Å². The molecule has 1 aliphatic rings. The number of fused-ring (bicyclic) bond motifs is 1. The largest absolute Gasteiger partial charge is 0.308 e. The number of hydrogen-bond donors (Lipinski definition) is 1. The molecule has 0 amide bonds. The molecule has 0 saturated heterocycles. The molecule has 2 heterocycles. The van der Waals surface area contributed by atoms with E-state index in [9.17, 15) is 4.39 Å². The molecule has 0 radical (unpaired) electrons. The van der Waals surface area contributed by atoms with E-state index in [1.165, 1.54) is 6.07 Å². The molecule has 0 bridgehead atoms. The topological polar surface area (TPSA) is 29.9 Å². The van der Waals surface area contributed by atoms with Crippen LogP contribution >= 0.6 is 11.8 Å². The Morgan fingerprint density at radius 1 is 1.42 bits per heavy atom. The maximum atomic E-state index is 13.7. The number of benzene rings is 1. The molecule has 5 heteroatoms. The summed E-state index contributed by atoms with van der Waals surface area (Å²) in [5.74, 6) is 0.869. The van der Waals surface area contributed by atoms with E-state index in [2.05, 4.69) is 10.4 Å². The van der Waals surface area contributed by atoms with Crippen LogP contribution < -0.4 is 5.32 Å². The Hall–Kier alpha value is -1.33. The van der Waals surface area contributed by atoms with Crippen LogP contribution in [0.1, 0.15) is 18.0 Å². The van der Waals surface area contributed by atoms with Crippen LogP contribution in [0.4, 0.5) is 4.39 Å². The maximum absolute atomic E-state index is 13.7. The molecule has 1 unspecified atom stereocenters. The second-order valence-corrected chi connectivity index (χ2v) is 5.68. The summed E-state index contributed by atoms with van der Waals surface area (Å²) in [7, 11) is 0. The van der Waals surface area contributed by atoms with Crippen molar-refractivity contribution in [3.63, 3.8) is 0 Å². The van der Waals surface area contributed by atoms with Crippen LogP contribution in [0.25, 0.3) is 0 Å². The van der Waals surface area contributed by atoms with Crippen molar-refractivity contribution in [1.82, 2.24) is 15.1 Å². The zero-order valence-corrected chi connectivity index (χ0v) is 11.4. The van der Waals surface area contributed by atoms with Gasteiger partial charge in [-0.1, -0.05) is 12.1 Å². The van der Waals surface area contributed by atoms with Crippen molar-refractivity contribution >= 4 is 11.8 Å². The summed E-state index contributed by atoms with van der Waals surface area (Å²) < 4.78 is 15.6. The van der Waals surface area contributed by atoms with E-state index in [0.29, 0.717) is 0 Å². The quantitative estimate of drug-likeness (QED) is 0.932. The van der Waals surface area contributed by atoms with E-state index in [-0.39, 0.29) is 11.9 Å². The summed E-state index contributed by atoms with van der Waals surface area (Å²) in [6.45, 7) is 1.67. The van der Waals surface area contributed by atoms with Gasteiger partial charge in [0.15, 0.2) is 0 Å². The van der Waals surface area contributed by atoms with E-state index >= 15 is 0 Å². The first kappa shape index (κ1) is 12.7. The van der Waals surface area contributed by atoms with Crippen molar-refractivity contribution in [1.29, 1.82) is 0 Å². The molecule has 3 nitrogen and oxygen atoms in total. The fraction of sp³-hybridized carbons (Fsp3) is 0.357. The first-order chi connectivity index (χ1) is 9.34. The molecular weight excluding hydrogens is 261 g/mol. The summed E-state index contributed by atoms with van der Waals surface area (Å²) in [5.41, 5.74) is 1.09. The number of hydrogen-bond acceptors (Lipinski definition) is 3. The Balaban J connectivity index is 1.65. The number of nitrogens with zero attached hydrogens (tertiary/aromatic N) is 2. The molecule has 1 aromatic carbocycles. The third-order valence-corrected chi connectivity index (χ3v) is 4.48. The van der Waals surface area contributed by atoms with Gasteiger partial charge < -0.3 is 5.32 Å². The van der Waals surface area contributed by atoms with Gasteiger partial charge in [0.1, 0.15) is 5.82 Å². The summed E-state index contributed by atoms with van der Waals surface area (Å²) in [4.78, 5) is 0.810. The average Bonchev–Trinajstić information content (AvgIpc) is 2.93. The van der Waals surface area contributed by atoms with E-state index in [0.717, 1.165) is 35.7 Å². The zero-order valence-electron chi connectivity index (χ0n) is 10.6. The van der Waals surface area contributed by atoms with Gasteiger partial charge in [0.2, 0.25) is 0 Å². The van der Waals surface area contributed by atoms with Crippen LogP contribution in [0.5, 0.6) is 0 Å². The van der Waals surface area contributed by atoms with Gasteiger partial charge in [-0.2, -0.15) is 5.10 Å². The number of aromatic nitrogens is 2. The summed E-state index contributed by atoms with van der Waals surface area (Å²) >= 11 is 1.62. The summed E-state index contributed by atoms with van der Waals surface area (Å²) in [6, 6.07) is 7.53. The number of thioether (sulfide) groups is 1. The van der Waals surface area contributed by atoms with Crippen molar-refractivity contribution in [3.8, 4) is 0 Å². The van der Waals surface area contributed by atoms with Gasteiger partial charge in [0.05, 0.1) is 6.54 Å². The molecule has 1 N–H and O–H groups in total. The van der Waals surface area contributed by atoms with Crippen LogP contribution in [0.3, 0.4) is 0 Å². The molecule has 1 aliphatic heterocycles. The Morgan fingerprint density at radius 3 is 3.21 bits per heavy atom. The van der Waals surface area contributed by atoms with Crippen molar-refractivity contribution < 1.29 is 4.39 Å². The minimum Gasteiger partial charge on any atom is -0.308 e. The molecule has 1 aromatic heterocycles. The van der Waals surface area contributed by atoms with Crippen LogP contribution in [0.2, 0.25) is 0 Å². The van der Waals surface area contributed by atoms with Crippen molar-refractivity contribution in [2.75, 3.05) is 12.3 Å². The van der Waals surface area contributed by atoms with Crippen LogP contribution in [-0.4, -0.2) is 22.1 Å². The highest BCUT2D eigenvalue weighted by Gasteiger charge is 2.22. The maximum Gasteiger partial charge on any atom is 0.137 e. The lowest BCUT2D eigenvalue weighted by Crippen LogP contribution is -2.28. The molecule has 1 atom stereocenters. The highest BCUT2D eigenvalue weighted by Crippen LogP contribution is 2.37. The molecular formula is C14H16FN3S. The SMILES string of the molecule is Fc1cccc2c1SCCC2NCCn1cccn1. The summed E-state index contributed by atoms with van der Waals surface area (Å²) in [6.07, 6.45) is 4.77. The fourth-order valence-electron chi connectivity index (χ4n) is 2.38. The van der Waals surface area contributed by atoms with Gasteiger partial charge in [0.25, 0.3) is 0 Å². The van der Waals surface area contributed by atoms with Gasteiger partial charge >= 0.3 is 0 Å². The lowest BCUT2D eigenvalue weighted by atomic mass is 10.0. The predicted molar refractivity (Wildman–Crippen MR) is 74.7 cm³/mol. The average molecular weight is 277 g/mol. The van der Waals surface area contributed by atoms with E-state index in [4.69, 9.17) is 0 Å². The van der Waals surface area contributed by atoms with Crippen LogP contribution in [0, 0.1) is 5.82 Å². The molecule has 2 aromatic rings. The van der Waals surface area contributed by atoms with Crippen molar-refractivity contribution in [2.24, 2.45) is 0 Å².